The number of aryl methyl sites for hydroxylation is 1. The number of aromatic nitrogens is 4. The first-order valence-corrected chi connectivity index (χ1v) is 13.1. The maximum Gasteiger partial charge on any atom is 0.254 e. The predicted octanol–water partition coefficient (Wildman–Crippen LogP) is 3.19. The van der Waals surface area contributed by atoms with Crippen LogP contribution in [0.15, 0.2) is 36.8 Å². The second-order valence-electron chi connectivity index (χ2n) is 10.5. The Hall–Kier alpha value is -3.37. The lowest BCUT2D eigenvalue weighted by Crippen LogP contribution is -2.45. The van der Waals surface area contributed by atoms with E-state index in [4.69, 9.17) is 4.74 Å². The smallest absolute Gasteiger partial charge is 0.254 e. The van der Waals surface area contributed by atoms with Crippen LogP contribution in [0.1, 0.15) is 41.6 Å². The molecule has 3 aromatic rings. The van der Waals surface area contributed by atoms with Gasteiger partial charge in [0.15, 0.2) is 0 Å². The number of piperidine rings is 1. The van der Waals surface area contributed by atoms with Crippen molar-refractivity contribution in [3.63, 3.8) is 0 Å². The summed E-state index contributed by atoms with van der Waals surface area (Å²) in [6, 6.07) is 5.50. The number of halogens is 1. The fourth-order valence-corrected chi connectivity index (χ4v) is 5.00. The summed E-state index contributed by atoms with van der Waals surface area (Å²) in [5.41, 5.74) is 3.75. The fraction of sp³-hybridized carbons (Fsp3) is 0.481. The van der Waals surface area contributed by atoms with Crippen molar-refractivity contribution < 1.29 is 13.9 Å². The molecule has 2 aromatic heterocycles. The molecule has 9 nitrogen and oxygen atoms in total. The highest BCUT2D eigenvalue weighted by molar-refractivity contribution is 5.95. The number of ether oxygens (including phenoxy) is 1. The average Bonchev–Trinajstić information content (AvgIpc) is 3.54. The number of carbonyl (C=O) groups is 1. The van der Waals surface area contributed by atoms with E-state index in [9.17, 15) is 9.18 Å². The van der Waals surface area contributed by atoms with E-state index < -0.39 is 11.7 Å². The zero-order chi connectivity index (χ0) is 25.4. The number of rotatable bonds is 8. The van der Waals surface area contributed by atoms with E-state index in [1.165, 1.54) is 6.07 Å². The first-order valence-electron chi connectivity index (χ1n) is 13.1. The largest absolute Gasteiger partial charge is 0.381 e. The van der Waals surface area contributed by atoms with Crippen molar-refractivity contribution in [3.8, 4) is 16.9 Å². The molecule has 1 amide bonds. The van der Waals surface area contributed by atoms with Crippen LogP contribution >= 0.6 is 0 Å². The number of hydrogen-bond donors (Lipinski definition) is 2. The maximum absolute atomic E-state index is 14.5. The molecule has 3 aliphatic rings. The predicted molar refractivity (Wildman–Crippen MR) is 137 cm³/mol. The highest BCUT2D eigenvalue weighted by atomic mass is 19.1. The lowest BCUT2D eigenvalue weighted by atomic mass is 10.0. The Bertz CT molecular complexity index is 1280. The summed E-state index contributed by atoms with van der Waals surface area (Å²) in [7, 11) is 0. The SMILES string of the molecule is Cc1cc(F)c(C(=O)NC2CC2)cc1-n1cc(-c2cncc(NC3CCN(CC4COC4)CC3)c2)nn1. The van der Waals surface area contributed by atoms with Gasteiger partial charge in [-0.15, -0.1) is 5.10 Å². The maximum atomic E-state index is 14.5. The van der Waals surface area contributed by atoms with Crippen LogP contribution in [0.3, 0.4) is 0 Å². The summed E-state index contributed by atoms with van der Waals surface area (Å²) in [6.45, 7) is 6.91. The quantitative estimate of drug-likeness (QED) is 0.485. The van der Waals surface area contributed by atoms with E-state index in [0.29, 0.717) is 28.9 Å². The number of nitrogens with zero attached hydrogens (tertiary/aromatic N) is 5. The Kier molecular flexibility index (Phi) is 6.60. The third kappa shape index (κ3) is 5.50. The van der Waals surface area contributed by atoms with Crippen molar-refractivity contribution >= 4 is 11.6 Å². The molecule has 2 saturated heterocycles. The van der Waals surface area contributed by atoms with Gasteiger partial charge in [0, 0.05) is 55.6 Å². The van der Waals surface area contributed by atoms with Gasteiger partial charge in [-0.3, -0.25) is 9.78 Å². The van der Waals surface area contributed by atoms with Gasteiger partial charge in [-0.05, 0) is 56.4 Å². The van der Waals surface area contributed by atoms with Gasteiger partial charge in [0.25, 0.3) is 5.91 Å². The molecule has 6 rings (SSSR count). The highest BCUT2D eigenvalue weighted by Gasteiger charge is 2.27. The Morgan fingerprint density at radius 1 is 1.11 bits per heavy atom. The number of amides is 1. The van der Waals surface area contributed by atoms with Gasteiger partial charge >= 0.3 is 0 Å². The monoisotopic (exact) mass is 505 g/mol. The molecule has 0 bridgehead atoms. The first kappa shape index (κ1) is 24.0. The minimum absolute atomic E-state index is 0.0180. The van der Waals surface area contributed by atoms with Gasteiger partial charge in [-0.1, -0.05) is 5.21 Å². The minimum Gasteiger partial charge on any atom is -0.381 e. The van der Waals surface area contributed by atoms with Crippen LogP contribution in [0.5, 0.6) is 0 Å². The minimum atomic E-state index is -0.536. The number of carbonyl (C=O) groups excluding carboxylic acids is 1. The van der Waals surface area contributed by atoms with Crippen LogP contribution in [0.25, 0.3) is 16.9 Å². The van der Waals surface area contributed by atoms with Crippen molar-refractivity contribution in [1.82, 2.24) is 30.2 Å². The number of likely N-dealkylation sites (tertiary alicyclic amines) is 1. The summed E-state index contributed by atoms with van der Waals surface area (Å²) in [5, 5.41) is 15.1. The third-order valence-corrected chi connectivity index (χ3v) is 7.40. The van der Waals surface area contributed by atoms with E-state index in [1.807, 2.05) is 12.3 Å². The van der Waals surface area contributed by atoms with Crippen LogP contribution in [0, 0.1) is 18.7 Å². The molecule has 0 radical (unpaired) electrons. The van der Waals surface area contributed by atoms with Crippen LogP contribution in [-0.4, -0.2) is 75.7 Å². The lowest BCUT2D eigenvalue weighted by Gasteiger charge is -2.37. The van der Waals surface area contributed by atoms with Crippen molar-refractivity contribution in [2.45, 2.75) is 44.7 Å². The number of anilines is 1. The molecule has 2 aliphatic heterocycles. The third-order valence-electron chi connectivity index (χ3n) is 7.40. The Morgan fingerprint density at radius 3 is 2.65 bits per heavy atom. The topological polar surface area (TPSA) is 97.2 Å². The molecule has 37 heavy (non-hydrogen) atoms. The number of benzene rings is 1. The molecule has 0 unspecified atom stereocenters. The molecule has 0 atom stereocenters. The molecular weight excluding hydrogens is 473 g/mol. The summed E-state index contributed by atoms with van der Waals surface area (Å²) in [4.78, 5) is 19.5. The van der Waals surface area contributed by atoms with Gasteiger partial charge in [0.1, 0.15) is 11.5 Å². The van der Waals surface area contributed by atoms with E-state index in [-0.39, 0.29) is 11.6 Å². The molecule has 0 spiro atoms. The van der Waals surface area contributed by atoms with E-state index in [0.717, 1.165) is 69.8 Å². The Morgan fingerprint density at radius 2 is 1.92 bits per heavy atom. The zero-order valence-electron chi connectivity index (χ0n) is 21.0. The number of hydrogen-bond acceptors (Lipinski definition) is 7. The van der Waals surface area contributed by atoms with E-state index in [2.05, 4.69) is 30.8 Å². The highest BCUT2D eigenvalue weighted by Crippen LogP contribution is 2.26. The van der Waals surface area contributed by atoms with Crippen molar-refractivity contribution in [1.29, 1.82) is 0 Å². The fourth-order valence-electron chi connectivity index (χ4n) is 5.00. The summed E-state index contributed by atoms with van der Waals surface area (Å²) in [6.07, 6.45) is 9.44. The van der Waals surface area contributed by atoms with Gasteiger partial charge in [0.05, 0.1) is 36.3 Å². The van der Waals surface area contributed by atoms with E-state index >= 15 is 0 Å². The number of pyridine rings is 1. The molecule has 1 aromatic carbocycles. The first-order chi connectivity index (χ1) is 18.0. The van der Waals surface area contributed by atoms with Crippen LogP contribution in [0.2, 0.25) is 0 Å². The second-order valence-corrected chi connectivity index (χ2v) is 10.5. The molecule has 10 heteroatoms. The summed E-state index contributed by atoms with van der Waals surface area (Å²) >= 11 is 0. The molecule has 2 N–H and O–H groups in total. The summed E-state index contributed by atoms with van der Waals surface area (Å²) in [5.74, 6) is -0.234. The number of nitrogens with one attached hydrogen (secondary N) is 2. The van der Waals surface area contributed by atoms with Crippen LogP contribution in [-0.2, 0) is 4.74 Å². The summed E-state index contributed by atoms with van der Waals surface area (Å²) < 4.78 is 21.4. The average molecular weight is 506 g/mol. The molecule has 194 valence electrons. The van der Waals surface area contributed by atoms with Crippen LogP contribution < -0.4 is 10.6 Å². The molecule has 3 fully saturated rings. The standard InChI is InChI=1S/C27H32FN7O2/c1-17-8-24(28)23(27(36)31-20-2-3-20)10-26(17)35-14-25(32-33-35)19-9-22(12-29-11-19)30-21-4-6-34(7-5-21)13-18-15-37-16-18/h8-12,14,18,20-21,30H,2-7,13,15-16H2,1H3,(H,31,36). The second kappa shape index (κ2) is 10.2. The molecule has 1 aliphatic carbocycles. The molecule has 4 heterocycles. The van der Waals surface area contributed by atoms with Crippen LogP contribution in [0.4, 0.5) is 10.1 Å². The Balaban J connectivity index is 1.13. The molecule has 1 saturated carbocycles. The van der Waals surface area contributed by atoms with Crippen molar-refractivity contribution in [3.05, 3.63) is 53.7 Å². The normalized spacial score (nSPS) is 19.0. The van der Waals surface area contributed by atoms with Gasteiger partial charge in [0.2, 0.25) is 0 Å². The van der Waals surface area contributed by atoms with Crippen molar-refractivity contribution in [2.24, 2.45) is 5.92 Å². The van der Waals surface area contributed by atoms with Gasteiger partial charge in [-0.2, -0.15) is 0 Å². The van der Waals surface area contributed by atoms with Crippen molar-refractivity contribution in [2.75, 3.05) is 38.2 Å². The van der Waals surface area contributed by atoms with Gasteiger partial charge in [-0.25, -0.2) is 9.07 Å². The molecular formula is C27H32FN7O2. The van der Waals surface area contributed by atoms with Gasteiger partial charge < -0.3 is 20.3 Å². The van der Waals surface area contributed by atoms with E-state index in [1.54, 1.807) is 30.1 Å². The lowest BCUT2D eigenvalue weighted by molar-refractivity contribution is -0.0484. The zero-order valence-corrected chi connectivity index (χ0v) is 21.0. The Labute approximate surface area is 215 Å².